The molecule has 2 aliphatic heterocycles. The highest BCUT2D eigenvalue weighted by Crippen LogP contribution is 2.41. The van der Waals surface area contributed by atoms with Crippen LogP contribution in [0.3, 0.4) is 0 Å². The molecule has 0 aliphatic carbocycles. The number of aromatic nitrogens is 2. The van der Waals surface area contributed by atoms with Crippen molar-refractivity contribution < 1.29 is 18.9 Å². The molecule has 3 heterocycles. The van der Waals surface area contributed by atoms with E-state index >= 15 is 0 Å². The molecule has 2 aliphatic rings. The molecular formula is C23H33N5O4. The van der Waals surface area contributed by atoms with Crippen LogP contribution in [0, 0.1) is 6.92 Å². The molecule has 174 valence electrons. The Hall–Kier alpha value is -2.78. The quantitative estimate of drug-likeness (QED) is 0.653. The van der Waals surface area contributed by atoms with Crippen molar-refractivity contribution >= 4 is 17.5 Å². The number of aryl methyl sites for hydroxylation is 1. The maximum absolute atomic E-state index is 6.14. The SMILES string of the molecule is COc1c(OCCCN2CCCC2)cc2cc1OCCOCCNc1cc(C)nc(n1)N2. The van der Waals surface area contributed by atoms with Crippen LogP contribution in [0.2, 0.25) is 0 Å². The molecule has 0 radical (unpaired) electrons. The number of benzene rings is 1. The largest absolute Gasteiger partial charge is 0.490 e. The number of ether oxygens (including phenoxy) is 4. The number of rotatable bonds is 6. The van der Waals surface area contributed by atoms with Crippen LogP contribution in [-0.2, 0) is 4.74 Å². The van der Waals surface area contributed by atoms with E-state index in [1.165, 1.54) is 25.9 Å². The lowest BCUT2D eigenvalue weighted by Gasteiger charge is -2.19. The van der Waals surface area contributed by atoms with Gasteiger partial charge in [-0.2, -0.15) is 4.98 Å². The van der Waals surface area contributed by atoms with Crippen LogP contribution in [0.1, 0.15) is 25.0 Å². The first-order valence-electron chi connectivity index (χ1n) is 11.4. The first-order chi connectivity index (χ1) is 15.7. The van der Waals surface area contributed by atoms with E-state index in [-0.39, 0.29) is 0 Å². The summed E-state index contributed by atoms with van der Waals surface area (Å²) < 4.78 is 23.4. The van der Waals surface area contributed by atoms with Crippen LogP contribution >= 0.6 is 0 Å². The Labute approximate surface area is 189 Å². The molecule has 0 amide bonds. The summed E-state index contributed by atoms with van der Waals surface area (Å²) >= 11 is 0. The third-order valence-corrected chi connectivity index (χ3v) is 5.45. The van der Waals surface area contributed by atoms with Crippen LogP contribution < -0.4 is 24.8 Å². The van der Waals surface area contributed by atoms with Gasteiger partial charge in [0, 0.05) is 42.7 Å². The molecule has 0 atom stereocenters. The predicted octanol–water partition coefficient (Wildman–Crippen LogP) is 3.22. The van der Waals surface area contributed by atoms with Crippen LogP contribution in [0.4, 0.5) is 17.5 Å². The summed E-state index contributed by atoms with van der Waals surface area (Å²) in [5.74, 6) is 3.06. The maximum atomic E-state index is 6.14. The van der Waals surface area contributed by atoms with Crippen molar-refractivity contribution in [2.24, 2.45) is 0 Å². The van der Waals surface area contributed by atoms with Crippen LogP contribution in [0.25, 0.3) is 0 Å². The number of methoxy groups -OCH3 is 1. The summed E-state index contributed by atoms with van der Waals surface area (Å²) in [7, 11) is 1.63. The number of anilines is 3. The number of hydrogen-bond acceptors (Lipinski definition) is 9. The Morgan fingerprint density at radius 2 is 1.97 bits per heavy atom. The minimum Gasteiger partial charge on any atom is -0.490 e. The van der Waals surface area contributed by atoms with Gasteiger partial charge in [-0.3, -0.25) is 0 Å². The first kappa shape index (κ1) is 22.4. The zero-order valence-electron chi connectivity index (χ0n) is 19.0. The van der Waals surface area contributed by atoms with E-state index in [0.717, 1.165) is 30.2 Å². The Bertz CT molecular complexity index is 889. The number of nitrogens with one attached hydrogen (secondary N) is 2. The third-order valence-electron chi connectivity index (χ3n) is 5.45. The second-order valence-corrected chi connectivity index (χ2v) is 7.99. The molecule has 1 saturated heterocycles. The predicted molar refractivity (Wildman–Crippen MR) is 124 cm³/mol. The maximum Gasteiger partial charge on any atom is 0.229 e. The Morgan fingerprint density at radius 1 is 1.09 bits per heavy atom. The van der Waals surface area contributed by atoms with Gasteiger partial charge in [-0.25, -0.2) is 4.98 Å². The lowest BCUT2D eigenvalue weighted by molar-refractivity contribution is 0.106. The van der Waals surface area contributed by atoms with E-state index in [4.69, 9.17) is 18.9 Å². The van der Waals surface area contributed by atoms with Crippen molar-refractivity contribution in [2.75, 3.05) is 70.3 Å². The van der Waals surface area contributed by atoms with Crippen LogP contribution in [0.15, 0.2) is 18.2 Å². The summed E-state index contributed by atoms with van der Waals surface area (Å²) in [5.41, 5.74) is 1.63. The van der Waals surface area contributed by atoms with Crippen molar-refractivity contribution in [3.05, 3.63) is 23.9 Å². The fourth-order valence-corrected chi connectivity index (χ4v) is 3.95. The highest BCUT2D eigenvalue weighted by Gasteiger charge is 2.17. The normalized spacial score (nSPS) is 16.9. The molecule has 1 fully saturated rings. The van der Waals surface area contributed by atoms with Crippen molar-refractivity contribution in [3.8, 4) is 17.2 Å². The standard InChI is InChI=1S/C23H33N5O4/c1-17-14-21-24-6-11-30-12-13-32-20-16-18(26-23(25-17)27-21)15-19(22(20)29-2)31-10-5-9-28-7-3-4-8-28/h14-16H,3-13H2,1-2H3,(H2,24,25,26,27). The minimum absolute atomic E-state index is 0.412. The van der Waals surface area contributed by atoms with Gasteiger partial charge in [0.2, 0.25) is 11.7 Å². The molecule has 9 heteroatoms. The van der Waals surface area contributed by atoms with Gasteiger partial charge in [0.05, 0.1) is 26.9 Å². The van der Waals surface area contributed by atoms with Gasteiger partial charge in [-0.1, -0.05) is 0 Å². The smallest absolute Gasteiger partial charge is 0.229 e. The third kappa shape index (κ3) is 6.14. The molecule has 1 aromatic heterocycles. The average Bonchev–Trinajstić information content (AvgIpc) is 3.29. The molecule has 1 aromatic carbocycles. The van der Waals surface area contributed by atoms with Crippen LogP contribution in [0.5, 0.6) is 17.2 Å². The van der Waals surface area contributed by atoms with Gasteiger partial charge in [-0.15, -0.1) is 0 Å². The topological polar surface area (TPSA) is 90.0 Å². The monoisotopic (exact) mass is 443 g/mol. The van der Waals surface area contributed by atoms with Crippen molar-refractivity contribution in [1.29, 1.82) is 0 Å². The van der Waals surface area contributed by atoms with Gasteiger partial charge in [0.1, 0.15) is 12.4 Å². The van der Waals surface area contributed by atoms with E-state index in [2.05, 4.69) is 25.5 Å². The molecule has 0 unspecified atom stereocenters. The number of fused-ring (bicyclic) bond motifs is 4. The van der Waals surface area contributed by atoms with E-state index in [9.17, 15) is 0 Å². The van der Waals surface area contributed by atoms with E-state index < -0.39 is 0 Å². The molecule has 32 heavy (non-hydrogen) atoms. The summed E-state index contributed by atoms with van der Waals surface area (Å²) in [6, 6.07) is 5.69. The Morgan fingerprint density at radius 3 is 2.81 bits per heavy atom. The Kier molecular flexibility index (Phi) is 7.84. The Balaban J connectivity index is 1.54. The summed E-state index contributed by atoms with van der Waals surface area (Å²) in [6.45, 7) is 8.07. The van der Waals surface area contributed by atoms with Gasteiger partial charge in [0.15, 0.2) is 11.5 Å². The fraction of sp³-hybridized carbons (Fsp3) is 0.565. The van der Waals surface area contributed by atoms with Crippen molar-refractivity contribution in [2.45, 2.75) is 26.2 Å². The van der Waals surface area contributed by atoms with Crippen molar-refractivity contribution in [1.82, 2.24) is 14.9 Å². The van der Waals surface area contributed by atoms with E-state index in [1.807, 2.05) is 25.1 Å². The molecule has 9 nitrogen and oxygen atoms in total. The lowest BCUT2D eigenvalue weighted by Crippen LogP contribution is -2.22. The van der Waals surface area contributed by atoms with E-state index in [1.54, 1.807) is 7.11 Å². The van der Waals surface area contributed by atoms with E-state index in [0.29, 0.717) is 56.2 Å². The highest BCUT2D eigenvalue weighted by molar-refractivity contribution is 5.66. The summed E-state index contributed by atoms with van der Waals surface area (Å²) in [5, 5.41) is 6.56. The second-order valence-electron chi connectivity index (χ2n) is 7.99. The second kappa shape index (κ2) is 11.2. The number of nitrogens with zero attached hydrogens (tertiary/aromatic N) is 3. The molecule has 4 rings (SSSR count). The number of likely N-dealkylation sites (tertiary alicyclic amines) is 1. The van der Waals surface area contributed by atoms with Gasteiger partial charge in [0.25, 0.3) is 0 Å². The molecular weight excluding hydrogens is 410 g/mol. The molecule has 0 saturated carbocycles. The zero-order chi connectivity index (χ0) is 22.2. The summed E-state index contributed by atoms with van der Waals surface area (Å²) in [4.78, 5) is 11.5. The van der Waals surface area contributed by atoms with Gasteiger partial charge >= 0.3 is 0 Å². The average molecular weight is 444 g/mol. The molecule has 2 aromatic rings. The highest BCUT2D eigenvalue weighted by atomic mass is 16.5. The van der Waals surface area contributed by atoms with Crippen LogP contribution in [-0.4, -0.2) is 74.6 Å². The van der Waals surface area contributed by atoms with Crippen molar-refractivity contribution in [3.63, 3.8) is 0 Å². The molecule has 2 N–H and O–H groups in total. The lowest BCUT2D eigenvalue weighted by atomic mass is 10.2. The zero-order valence-corrected chi connectivity index (χ0v) is 19.0. The van der Waals surface area contributed by atoms with Gasteiger partial charge < -0.3 is 34.5 Å². The fourth-order valence-electron chi connectivity index (χ4n) is 3.95. The minimum atomic E-state index is 0.412. The van der Waals surface area contributed by atoms with Gasteiger partial charge in [-0.05, 0) is 39.3 Å². The summed E-state index contributed by atoms with van der Waals surface area (Å²) in [6.07, 6.45) is 3.55. The number of hydrogen-bond donors (Lipinski definition) is 2. The molecule has 0 spiro atoms. The first-order valence-corrected chi connectivity index (χ1v) is 11.4. The molecule has 4 bridgehead atoms.